The van der Waals surface area contributed by atoms with Crippen LogP contribution in [0.15, 0.2) is 57.9 Å². The number of carbonyl (C=O) groups excluding carboxylic acids is 2. The molecule has 1 saturated carbocycles. The maximum atomic E-state index is 13.3. The normalized spacial score (nSPS) is 13.3. The summed E-state index contributed by atoms with van der Waals surface area (Å²) in [5.74, 6) is 1.43. The summed E-state index contributed by atoms with van der Waals surface area (Å²) in [4.78, 5) is 41.2. The largest absolute Gasteiger partial charge is 0.486 e. The van der Waals surface area contributed by atoms with E-state index < -0.39 is 6.09 Å². The molecule has 214 valence electrons. The molecule has 2 aromatic carbocycles. The van der Waals surface area contributed by atoms with E-state index >= 15 is 0 Å². The number of aryl methyl sites for hydroxylation is 2. The molecule has 2 aromatic heterocycles. The first-order valence-corrected chi connectivity index (χ1v) is 13.8. The number of pyridine rings is 1. The summed E-state index contributed by atoms with van der Waals surface area (Å²) in [6.07, 6.45) is 6.49. The lowest BCUT2D eigenvalue weighted by molar-refractivity contribution is -0.121. The minimum atomic E-state index is -0.556. The van der Waals surface area contributed by atoms with Gasteiger partial charge in [-0.3, -0.25) is 14.6 Å². The Morgan fingerprint density at radius 3 is 2.59 bits per heavy atom. The third-order valence-corrected chi connectivity index (χ3v) is 6.99. The molecule has 1 fully saturated rings. The Balaban J connectivity index is 1.28. The summed E-state index contributed by atoms with van der Waals surface area (Å²) in [6.45, 7) is 1.98. The van der Waals surface area contributed by atoms with Gasteiger partial charge in [0, 0.05) is 31.3 Å². The topological polar surface area (TPSA) is 129 Å². The Kier molecular flexibility index (Phi) is 8.67. The molecule has 0 aliphatic heterocycles. The van der Waals surface area contributed by atoms with Gasteiger partial charge in [0.2, 0.25) is 11.3 Å². The van der Waals surface area contributed by atoms with E-state index in [2.05, 4.69) is 15.6 Å². The van der Waals surface area contributed by atoms with Crippen molar-refractivity contribution in [2.24, 2.45) is 0 Å². The zero-order valence-electron chi connectivity index (χ0n) is 23.2. The Morgan fingerprint density at radius 1 is 1.02 bits per heavy atom. The third kappa shape index (κ3) is 6.95. The van der Waals surface area contributed by atoms with Crippen molar-refractivity contribution >= 4 is 33.9 Å². The van der Waals surface area contributed by atoms with Crippen LogP contribution < -0.4 is 25.5 Å². The summed E-state index contributed by atoms with van der Waals surface area (Å²) in [6, 6.07) is 12.5. The highest BCUT2D eigenvalue weighted by Gasteiger charge is 2.17. The summed E-state index contributed by atoms with van der Waals surface area (Å²) in [7, 11) is 1.47. The number of benzene rings is 2. The van der Waals surface area contributed by atoms with E-state index in [9.17, 15) is 14.4 Å². The van der Waals surface area contributed by atoms with Gasteiger partial charge < -0.3 is 29.3 Å². The van der Waals surface area contributed by atoms with Gasteiger partial charge in [0.25, 0.3) is 0 Å². The lowest BCUT2D eigenvalue weighted by Crippen LogP contribution is -2.32. The molecule has 4 aromatic rings. The fourth-order valence-electron chi connectivity index (χ4n) is 4.94. The number of rotatable bonds is 10. The van der Waals surface area contributed by atoms with E-state index in [1.807, 2.05) is 13.0 Å². The Morgan fingerprint density at radius 2 is 1.83 bits per heavy atom. The quantitative estimate of drug-likeness (QED) is 0.201. The van der Waals surface area contributed by atoms with Crippen molar-refractivity contribution in [3.63, 3.8) is 0 Å². The van der Waals surface area contributed by atoms with Crippen LogP contribution in [0.3, 0.4) is 0 Å². The summed E-state index contributed by atoms with van der Waals surface area (Å²) in [5.41, 5.74) is 2.09. The smallest absolute Gasteiger partial charge is 0.406 e. The van der Waals surface area contributed by atoms with Crippen LogP contribution in [-0.2, 0) is 16.0 Å². The first kappa shape index (κ1) is 27.9. The molecule has 1 aliphatic rings. The third-order valence-electron chi connectivity index (χ3n) is 6.99. The number of hydrogen-bond donors (Lipinski definition) is 2. The van der Waals surface area contributed by atoms with Gasteiger partial charge in [0.1, 0.15) is 30.3 Å². The first-order chi connectivity index (χ1) is 19.9. The number of nitrogens with zero attached hydrogens (tertiary/aromatic N) is 1. The molecule has 2 heterocycles. The van der Waals surface area contributed by atoms with Crippen molar-refractivity contribution in [2.75, 3.05) is 20.3 Å². The second-order valence-electron chi connectivity index (χ2n) is 10.1. The predicted octanol–water partition coefficient (Wildman–Crippen LogP) is 5.17. The second kappa shape index (κ2) is 12.7. The monoisotopic (exact) mass is 559 g/mol. The van der Waals surface area contributed by atoms with Gasteiger partial charge in [-0.05, 0) is 68.1 Å². The highest BCUT2D eigenvalue weighted by Crippen LogP contribution is 2.31. The molecule has 1 aliphatic carbocycles. The van der Waals surface area contributed by atoms with Crippen molar-refractivity contribution < 1.29 is 28.2 Å². The van der Waals surface area contributed by atoms with Crippen LogP contribution in [0, 0.1) is 6.92 Å². The number of carbonyl (C=O) groups is 2. The number of ether oxygens (including phenoxy) is 3. The molecule has 10 nitrogen and oxygen atoms in total. The van der Waals surface area contributed by atoms with Crippen LogP contribution in [0.2, 0.25) is 0 Å². The van der Waals surface area contributed by atoms with Crippen LogP contribution in [0.4, 0.5) is 4.79 Å². The van der Waals surface area contributed by atoms with Crippen LogP contribution in [0.5, 0.6) is 17.2 Å². The lowest BCUT2D eigenvalue weighted by atomic mass is 10.1. The van der Waals surface area contributed by atoms with E-state index in [4.69, 9.17) is 18.6 Å². The number of aromatic nitrogens is 1. The minimum Gasteiger partial charge on any atom is -0.486 e. The molecule has 0 bridgehead atoms. The lowest BCUT2D eigenvalue weighted by Gasteiger charge is -2.12. The van der Waals surface area contributed by atoms with Gasteiger partial charge in [-0.1, -0.05) is 12.8 Å². The molecule has 2 amide bonds. The average Bonchev–Trinajstić information content (AvgIpc) is 3.48. The van der Waals surface area contributed by atoms with Gasteiger partial charge in [-0.2, -0.15) is 0 Å². The van der Waals surface area contributed by atoms with E-state index in [-0.39, 0.29) is 24.5 Å². The van der Waals surface area contributed by atoms with Crippen molar-refractivity contribution in [3.05, 3.63) is 70.1 Å². The van der Waals surface area contributed by atoms with Crippen LogP contribution >= 0.6 is 0 Å². The molecular formula is C31H33N3O7. The maximum absolute atomic E-state index is 13.3. The summed E-state index contributed by atoms with van der Waals surface area (Å²) < 4.78 is 22.9. The van der Waals surface area contributed by atoms with Gasteiger partial charge in [-0.25, -0.2) is 4.79 Å². The number of amides is 2. The number of hydrogen-bond acceptors (Lipinski definition) is 8. The van der Waals surface area contributed by atoms with E-state index in [1.54, 1.807) is 42.6 Å². The standard InChI is InChI=1S/C31H33N3O7/c1-19-15-25-29(36)24-11-10-22(17-26(24)41-30(25)27(16-19)38-13-14-39-31(37)32-2)40-23-9-7-20(33-18-23)8-12-28(35)34-21-5-3-4-6-21/h7,9-11,15-18,21H,3-6,8,12-14H2,1-2H3,(H,32,37)(H,34,35). The van der Waals surface area contributed by atoms with Crippen molar-refractivity contribution in [2.45, 2.75) is 51.5 Å². The molecule has 0 spiro atoms. The van der Waals surface area contributed by atoms with Crippen molar-refractivity contribution in [3.8, 4) is 17.2 Å². The van der Waals surface area contributed by atoms with Gasteiger partial charge in [-0.15, -0.1) is 0 Å². The fourth-order valence-corrected chi connectivity index (χ4v) is 4.94. The molecule has 41 heavy (non-hydrogen) atoms. The zero-order valence-corrected chi connectivity index (χ0v) is 23.2. The number of nitrogens with one attached hydrogen (secondary N) is 2. The zero-order chi connectivity index (χ0) is 28.8. The summed E-state index contributed by atoms with van der Waals surface area (Å²) >= 11 is 0. The molecule has 0 radical (unpaired) electrons. The van der Waals surface area contributed by atoms with E-state index in [1.165, 1.54) is 19.9 Å². The van der Waals surface area contributed by atoms with Gasteiger partial charge in [0.15, 0.2) is 11.3 Å². The Labute approximate surface area is 237 Å². The first-order valence-electron chi connectivity index (χ1n) is 13.8. The SMILES string of the molecule is CNC(=O)OCCOc1cc(C)cc2c(=O)c3ccc(Oc4ccc(CCC(=O)NC5CCCC5)nc4)cc3oc12. The average molecular weight is 560 g/mol. The van der Waals surface area contributed by atoms with Crippen LogP contribution in [0.1, 0.15) is 43.4 Å². The van der Waals surface area contributed by atoms with Crippen molar-refractivity contribution in [1.29, 1.82) is 0 Å². The number of fused-ring (bicyclic) bond motifs is 2. The van der Waals surface area contributed by atoms with E-state index in [0.29, 0.717) is 58.1 Å². The molecular weight excluding hydrogens is 526 g/mol. The van der Waals surface area contributed by atoms with Gasteiger partial charge >= 0.3 is 6.09 Å². The summed E-state index contributed by atoms with van der Waals surface area (Å²) in [5, 5.41) is 6.27. The van der Waals surface area contributed by atoms with Crippen molar-refractivity contribution in [1.82, 2.24) is 15.6 Å². The molecule has 2 N–H and O–H groups in total. The molecule has 0 unspecified atom stereocenters. The fraction of sp³-hybridized carbons (Fsp3) is 0.355. The number of alkyl carbamates (subject to hydrolysis) is 1. The highest BCUT2D eigenvalue weighted by molar-refractivity contribution is 5.93. The maximum Gasteiger partial charge on any atom is 0.406 e. The van der Waals surface area contributed by atoms with Gasteiger partial charge in [0.05, 0.1) is 17.0 Å². The molecule has 0 saturated heterocycles. The molecule has 5 rings (SSSR count). The molecule has 0 atom stereocenters. The molecule has 10 heteroatoms. The second-order valence-corrected chi connectivity index (χ2v) is 10.1. The van der Waals surface area contributed by atoms with E-state index in [0.717, 1.165) is 24.1 Å². The Bertz CT molecular complexity index is 1610. The predicted molar refractivity (Wildman–Crippen MR) is 154 cm³/mol. The van der Waals surface area contributed by atoms with Crippen LogP contribution in [-0.4, -0.2) is 43.3 Å². The highest BCUT2D eigenvalue weighted by atomic mass is 16.6. The minimum absolute atomic E-state index is 0.0331. The Hall–Kier alpha value is -4.60. The van der Waals surface area contributed by atoms with Crippen LogP contribution in [0.25, 0.3) is 21.9 Å².